The van der Waals surface area contributed by atoms with Gasteiger partial charge in [-0.3, -0.25) is 9.39 Å². The highest BCUT2D eigenvalue weighted by atomic mass is 16.5. The van der Waals surface area contributed by atoms with Crippen LogP contribution in [0.4, 0.5) is 5.95 Å². The zero-order valence-corrected chi connectivity index (χ0v) is 17.1. The van der Waals surface area contributed by atoms with Gasteiger partial charge in [0, 0.05) is 38.5 Å². The lowest BCUT2D eigenvalue weighted by Gasteiger charge is -2.17. The number of aromatic nitrogens is 5. The van der Waals surface area contributed by atoms with Crippen LogP contribution in [0.5, 0.6) is 0 Å². The Morgan fingerprint density at radius 3 is 2.86 bits per heavy atom. The van der Waals surface area contributed by atoms with Crippen molar-refractivity contribution in [1.29, 1.82) is 0 Å². The highest BCUT2D eigenvalue weighted by molar-refractivity contribution is 6.02. The lowest BCUT2D eigenvalue weighted by atomic mass is 10.0. The number of pyridine rings is 1. The summed E-state index contributed by atoms with van der Waals surface area (Å²) in [6, 6.07) is 5.78. The first-order valence-electron chi connectivity index (χ1n) is 9.37. The zero-order chi connectivity index (χ0) is 20.8. The summed E-state index contributed by atoms with van der Waals surface area (Å²) in [5.74, 6) is 2.27. The second-order valence-corrected chi connectivity index (χ2v) is 6.84. The summed E-state index contributed by atoms with van der Waals surface area (Å²) in [6.07, 6.45) is 7.49. The van der Waals surface area contributed by atoms with Gasteiger partial charge in [-0.1, -0.05) is 13.8 Å². The maximum atomic E-state index is 5.57. The van der Waals surface area contributed by atoms with Crippen LogP contribution in [0.25, 0.3) is 16.9 Å². The Morgan fingerprint density at radius 2 is 2.17 bits per heavy atom. The van der Waals surface area contributed by atoms with E-state index >= 15 is 0 Å². The second-order valence-electron chi connectivity index (χ2n) is 6.84. The van der Waals surface area contributed by atoms with Crippen molar-refractivity contribution in [2.45, 2.75) is 26.4 Å². The molecule has 0 radical (unpaired) electrons. The maximum absolute atomic E-state index is 5.57. The van der Waals surface area contributed by atoms with E-state index in [0.717, 1.165) is 22.7 Å². The molecule has 0 aliphatic rings. The predicted octanol–water partition coefficient (Wildman–Crippen LogP) is 2.31. The van der Waals surface area contributed by atoms with E-state index in [1.165, 1.54) is 6.20 Å². The third-order valence-corrected chi connectivity index (χ3v) is 4.60. The number of nitrogens with one attached hydrogen (secondary N) is 1. The first kappa shape index (κ1) is 20.4. The number of hydrogen-bond acceptors (Lipinski definition) is 7. The number of anilines is 1. The van der Waals surface area contributed by atoms with Gasteiger partial charge in [0.1, 0.15) is 11.7 Å². The summed E-state index contributed by atoms with van der Waals surface area (Å²) >= 11 is 0. The molecular weight excluding hydrogens is 368 g/mol. The minimum absolute atomic E-state index is 0.0922. The summed E-state index contributed by atoms with van der Waals surface area (Å²) in [6.45, 7) is 4.27. The van der Waals surface area contributed by atoms with Gasteiger partial charge in [-0.25, -0.2) is 9.97 Å². The van der Waals surface area contributed by atoms with Gasteiger partial charge in [-0.2, -0.15) is 0 Å². The van der Waals surface area contributed by atoms with Crippen LogP contribution < -0.4 is 11.1 Å². The van der Waals surface area contributed by atoms with Crippen LogP contribution in [0.3, 0.4) is 0 Å². The van der Waals surface area contributed by atoms with Crippen LogP contribution in [0.15, 0.2) is 47.9 Å². The highest BCUT2D eigenvalue weighted by Gasteiger charge is 2.17. The Kier molecular flexibility index (Phi) is 6.50. The number of nitrogens with two attached hydrogens (primary N) is 1. The number of methoxy groups -OCH3 is 1. The molecular formula is C20H26N8O. The normalized spacial score (nSPS) is 13.5. The Balaban J connectivity index is 1.87. The van der Waals surface area contributed by atoms with E-state index in [9.17, 15) is 0 Å². The predicted molar refractivity (Wildman–Crippen MR) is 114 cm³/mol. The van der Waals surface area contributed by atoms with Gasteiger partial charge in [0.2, 0.25) is 5.95 Å². The van der Waals surface area contributed by atoms with E-state index < -0.39 is 0 Å². The average molecular weight is 394 g/mol. The van der Waals surface area contributed by atoms with Crippen LogP contribution in [0.1, 0.15) is 19.7 Å². The number of fused-ring (bicyclic) bond motifs is 1. The van der Waals surface area contributed by atoms with Gasteiger partial charge in [0.25, 0.3) is 0 Å². The Bertz CT molecular complexity index is 1020. The smallest absolute Gasteiger partial charge is 0.228 e. The van der Waals surface area contributed by atoms with E-state index in [1.54, 1.807) is 26.4 Å². The summed E-state index contributed by atoms with van der Waals surface area (Å²) in [7, 11) is 3.39. The molecule has 3 heterocycles. The summed E-state index contributed by atoms with van der Waals surface area (Å²) in [5, 5.41) is 11.7. The fourth-order valence-electron chi connectivity index (χ4n) is 2.97. The van der Waals surface area contributed by atoms with E-state index in [2.05, 4.69) is 44.3 Å². The monoisotopic (exact) mass is 394 g/mol. The van der Waals surface area contributed by atoms with Crippen molar-refractivity contribution in [3.63, 3.8) is 0 Å². The van der Waals surface area contributed by atoms with Crippen molar-refractivity contribution < 1.29 is 4.74 Å². The molecule has 0 unspecified atom stereocenters. The summed E-state index contributed by atoms with van der Waals surface area (Å²) in [4.78, 5) is 12.9. The van der Waals surface area contributed by atoms with Crippen molar-refractivity contribution in [2.75, 3.05) is 19.5 Å². The molecule has 0 aliphatic heterocycles. The minimum Gasteiger partial charge on any atom is -0.404 e. The molecule has 3 aromatic heterocycles. The third kappa shape index (κ3) is 4.75. The van der Waals surface area contributed by atoms with Crippen molar-refractivity contribution in [3.8, 4) is 11.3 Å². The van der Waals surface area contributed by atoms with Crippen molar-refractivity contribution in [2.24, 2.45) is 16.6 Å². The Hall–Kier alpha value is -3.33. The average Bonchev–Trinajstić information content (AvgIpc) is 3.13. The van der Waals surface area contributed by atoms with E-state index in [-0.39, 0.29) is 6.10 Å². The van der Waals surface area contributed by atoms with Gasteiger partial charge in [-0.05, 0) is 36.4 Å². The van der Waals surface area contributed by atoms with Crippen molar-refractivity contribution in [3.05, 3.63) is 48.7 Å². The van der Waals surface area contributed by atoms with Crippen LogP contribution in [0, 0.1) is 5.92 Å². The SMILES string of the molecule is CN=C(C=CN)Nc1nccc(-c2ccn3c(C[C@H](OC)C(C)C)nnc3c2)n1. The van der Waals surface area contributed by atoms with Gasteiger partial charge in [0.05, 0.1) is 11.8 Å². The number of ether oxygens (including phenoxy) is 1. The molecule has 3 N–H and O–H groups in total. The molecule has 3 aromatic rings. The maximum Gasteiger partial charge on any atom is 0.228 e. The molecule has 0 amide bonds. The fraction of sp³-hybridized carbons (Fsp3) is 0.350. The summed E-state index contributed by atoms with van der Waals surface area (Å²) < 4.78 is 7.55. The van der Waals surface area contributed by atoms with Crippen molar-refractivity contribution >= 4 is 17.4 Å². The third-order valence-electron chi connectivity index (χ3n) is 4.60. The molecule has 9 heteroatoms. The van der Waals surface area contributed by atoms with Crippen LogP contribution in [-0.4, -0.2) is 50.7 Å². The summed E-state index contributed by atoms with van der Waals surface area (Å²) in [5.41, 5.74) is 7.86. The van der Waals surface area contributed by atoms with Gasteiger partial charge in [0.15, 0.2) is 5.65 Å². The quantitative estimate of drug-likeness (QED) is 0.467. The Morgan fingerprint density at radius 1 is 1.34 bits per heavy atom. The molecule has 0 bridgehead atoms. The number of rotatable bonds is 7. The first-order chi connectivity index (χ1) is 14.0. The molecule has 3 rings (SSSR count). The van der Waals surface area contributed by atoms with Crippen molar-refractivity contribution in [1.82, 2.24) is 24.6 Å². The first-order valence-corrected chi connectivity index (χ1v) is 9.37. The molecule has 0 saturated carbocycles. The topological polar surface area (TPSA) is 116 Å². The molecule has 0 aromatic carbocycles. The molecule has 29 heavy (non-hydrogen) atoms. The number of amidine groups is 1. The van der Waals surface area contributed by atoms with E-state index in [1.807, 2.05) is 28.8 Å². The molecule has 0 aliphatic carbocycles. The molecule has 1 atom stereocenters. The lowest BCUT2D eigenvalue weighted by molar-refractivity contribution is 0.0636. The fourth-order valence-corrected chi connectivity index (χ4v) is 2.97. The molecule has 152 valence electrons. The molecule has 0 saturated heterocycles. The number of hydrogen-bond donors (Lipinski definition) is 2. The van der Waals surface area contributed by atoms with E-state index in [4.69, 9.17) is 10.5 Å². The molecule has 9 nitrogen and oxygen atoms in total. The van der Waals surface area contributed by atoms with Gasteiger partial charge < -0.3 is 15.8 Å². The van der Waals surface area contributed by atoms with Crippen LogP contribution >= 0.6 is 0 Å². The van der Waals surface area contributed by atoms with Crippen LogP contribution in [0.2, 0.25) is 0 Å². The standard InChI is InChI=1S/C20H26N8O/c1-13(2)16(29-4)12-19-27-26-18-11-14(7-10-28(18)19)15-6-9-23-20(24-15)25-17(22-3)5-8-21/h5-11,13,16H,12,21H2,1-4H3,(H,22,23,24,25)/t16-/m0/s1. The van der Waals surface area contributed by atoms with Crippen LogP contribution in [-0.2, 0) is 11.2 Å². The molecule has 0 fully saturated rings. The minimum atomic E-state index is 0.0922. The second kappa shape index (κ2) is 9.24. The van der Waals surface area contributed by atoms with Gasteiger partial charge >= 0.3 is 0 Å². The zero-order valence-electron chi connectivity index (χ0n) is 17.1. The van der Waals surface area contributed by atoms with Gasteiger partial charge in [-0.15, -0.1) is 10.2 Å². The lowest BCUT2D eigenvalue weighted by Crippen LogP contribution is -2.22. The molecule has 0 spiro atoms. The number of nitrogens with zero attached hydrogens (tertiary/aromatic N) is 6. The van der Waals surface area contributed by atoms with E-state index in [0.29, 0.717) is 24.1 Å². The highest BCUT2D eigenvalue weighted by Crippen LogP contribution is 2.20. The number of aliphatic imine (C=N–C) groups is 1. The Labute approximate surface area is 169 Å². The largest absolute Gasteiger partial charge is 0.404 e.